The minimum absolute atomic E-state index is 0.0627. The van der Waals surface area contributed by atoms with Crippen LogP contribution in [0.2, 0.25) is 0 Å². The minimum Gasteiger partial charge on any atom is -0.497 e. The van der Waals surface area contributed by atoms with Crippen molar-refractivity contribution in [3.63, 3.8) is 0 Å². The van der Waals surface area contributed by atoms with Crippen LogP contribution in [0.1, 0.15) is 42.5 Å². The van der Waals surface area contributed by atoms with Crippen molar-refractivity contribution in [2.45, 2.75) is 33.2 Å². The third-order valence-corrected chi connectivity index (χ3v) is 6.63. The van der Waals surface area contributed by atoms with E-state index in [2.05, 4.69) is 10.00 Å². The fourth-order valence-electron chi connectivity index (χ4n) is 3.90. The van der Waals surface area contributed by atoms with E-state index >= 15 is 0 Å². The topological polar surface area (TPSA) is 72.7 Å². The van der Waals surface area contributed by atoms with Gasteiger partial charge in [-0.15, -0.1) is 0 Å². The number of aryl methyl sites for hydroxylation is 1. The highest BCUT2D eigenvalue weighted by atomic mass is 32.1. The van der Waals surface area contributed by atoms with E-state index in [9.17, 15) is 4.79 Å². The molecule has 0 spiro atoms. The number of thiazole rings is 1. The van der Waals surface area contributed by atoms with Gasteiger partial charge in [-0.05, 0) is 51.5 Å². The number of hydrogen-bond donors (Lipinski definition) is 0. The van der Waals surface area contributed by atoms with Crippen LogP contribution in [0.5, 0.6) is 5.75 Å². The van der Waals surface area contributed by atoms with Crippen LogP contribution in [0, 0.1) is 6.92 Å². The Morgan fingerprint density at radius 1 is 1.28 bits per heavy atom. The van der Waals surface area contributed by atoms with Gasteiger partial charge < -0.3 is 9.47 Å². The largest absolute Gasteiger partial charge is 0.497 e. The maximum Gasteiger partial charge on any atom is 0.278 e. The molecule has 8 nitrogen and oxygen atoms in total. The lowest BCUT2D eigenvalue weighted by Crippen LogP contribution is -2.39. The Kier molecular flexibility index (Phi) is 7.07. The molecule has 0 saturated carbocycles. The van der Waals surface area contributed by atoms with E-state index in [1.54, 1.807) is 7.11 Å². The fourth-order valence-corrected chi connectivity index (χ4v) is 4.92. The Bertz CT molecular complexity index is 1070. The van der Waals surface area contributed by atoms with Gasteiger partial charge in [0.2, 0.25) is 0 Å². The number of amides is 1. The van der Waals surface area contributed by atoms with Gasteiger partial charge in [0, 0.05) is 32.2 Å². The molecule has 1 aliphatic rings. The van der Waals surface area contributed by atoms with E-state index in [0.717, 1.165) is 60.9 Å². The SMILES string of the molecule is COc1ccc2nc(N(CCCN3CCOCC3)C(=O)c3cc(C)nn3C(C)C)sc2c1. The lowest BCUT2D eigenvalue weighted by molar-refractivity contribution is 0.0376. The Balaban J connectivity index is 1.62. The van der Waals surface area contributed by atoms with Gasteiger partial charge in [-0.1, -0.05) is 11.3 Å². The van der Waals surface area contributed by atoms with Gasteiger partial charge in [-0.25, -0.2) is 4.98 Å². The van der Waals surface area contributed by atoms with Gasteiger partial charge in [0.05, 0.1) is 36.2 Å². The number of ether oxygens (including phenoxy) is 2. The molecule has 4 rings (SSSR count). The Morgan fingerprint density at radius 2 is 2.06 bits per heavy atom. The smallest absolute Gasteiger partial charge is 0.278 e. The van der Waals surface area contributed by atoms with Gasteiger partial charge in [0.1, 0.15) is 11.4 Å². The van der Waals surface area contributed by atoms with Crippen LogP contribution in [0.25, 0.3) is 10.2 Å². The zero-order chi connectivity index (χ0) is 22.7. The molecule has 0 radical (unpaired) electrons. The predicted molar refractivity (Wildman–Crippen MR) is 127 cm³/mol. The second-order valence-electron chi connectivity index (χ2n) is 8.30. The average molecular weight is 458 g/mol. The molecule has 0 aliphatic carbocycles. The second kappa shape index (κ2) is 9.97. The van der Waals surface area contributed by atoms with E-state index < -0.39 is 0 Å². The van der Waals surface area contributed by atoms with Crippen molar-refractivity contribution in [2.24, 2.45) is 0 Å². The highest BCUT2D eigenvalue weighted by Crippen LogP contribution is 2.32. The first kappa shape index (κ1) is 22.7. The molecule has 1 aliphatic heterocycles. The maximum atomic E-state index is 13.7. The molecule has 0 unspecified atom stereocenters. The number of benzene rings is 1. The molecule has 1 aromatic carbocycles. The van der Waals surface area contributed by atoms with E-state index in [1.807, 2.05) is 54.6 Å². The van der Waals surface area contributed by atoms with E-state index in [1.165, 1.54) is 11.3 Å². The Labute approximate surface area is 192 Å². The zero-order valence-electron chi connectivity index (χ0n) is 19.2. The normalized spacial score (nSPS) is 14.9. The maximum absolute atomic E-state index is 13.7. The highest BCUT2D eigenvalue weighted by molar-refractivity contribution is 7.22. The highest BCUT2D eigenvalue weighted by Gasteiger charge is 2.26. The third kappa shape index (κ3) is 4.95. The number of nitrogens with zero attached hydrogens (tertiary/aromatic N) is 5. The lowest BCUT2D eigenvalue weighted by Gasteiger charge is -2.28. The number of morpholine rings is 1. The van der Waals surface area contributed by atoms with Gasteiger partial charge in [-0.2, -0.15) is 5.10 Å². The van der Waals surface area contributed by atoms with Crippen LogP contribution in [0.4, 0.5) is 5.13 Å². The van der Waals surface area contributed by atoms with Crippen molar-refractivity contribution in [1.29, 1.82) is 0 Å². The summed E-state index contributed by atoms with van der Waals surface area (Å²) < 4.78 is 13.6. The lowest BCUT2D eigenvalue weighted by atomic mass is 10.2. The Hall–Kier alpha value is -2.49. The van der Waals surface area contributed by atoms with Gasteiger partial charge >= 0.3 is 0 Å². The monoisotopic (exact) mass is 457 g/mol. The molecular weight excluding hydrogens is 426 g/mol. The summed E-state index contributed by atoms with van der Waals surface area (Å²) >= 11 is 1.52. The molecule has 9 heteroatoms. The molecule has 3 aromatic rings. The summed E-state index contributed by atoms with van der Waals surface area (Å²) in [6.07, 6.45) is 0.861. The number of methoxy groups -OCH3 is 1. The quantitative estimate of drug-likeness (QED) is 0.513. The molecule has 1 saturated heterocycles. The van der Waals surface area contributed by atoms with E-state index in [-0.39, 0.29) is 11.9 Å². The molecule has 0 N–H and O–H groups in total. The first-order valence-corrected chi connectivity index (χ1v) is 11.9. The number of aromatic nitrogens is 3. The number of fused-ring (bicyclic) bond motifs is 1. The van der Waals surface area contributed by atoms with Crippen LogP contribution >= 0.6 is 11.3 Å². The average Bonchev–Trinajstić information content (AvgIpc) is 3.40. The van der Waals surface area contributed by atoms with Crippen molar-refractivity contribution in [1.82, 2.24) is 19.7 Å². The summed E-state index contributed by atoms with van der Waals surface area (Å²) in [7, 11) is 1.65. The number of anilines is 1. The van der Waals surface area contributed by atoms with Crippen LogP contribution in [-0.2, 0) is 4.74 Å². The molecule has 2 aromatic heterocycles. The van der Waals surface area contributed by atoms with Crippen LogP contribution in [-0.4, -0.2) is 72.1 Å². The Morgan fingerprint density at radius 3 is 2.78 bits per heavy atom. The van der Waals surface area contributed by atoms with Crippen LogP contribution in [0.3, 0.4) is 0 Å². The summed E-state index contributed by atoms with van der Waals surface area (Å²) in [5.74, 6) is 0.721. The molecule has 1 fully saturated rings. The van der Waals surface area contributed by atoms with Crippen molar-refractivity contribution >= 4 is 32.6 Å². The van der Waals surface area contributed by atoms with Crippen molar-refractivity contribution in [3.8, 4) is 5.75 Å². The van der Waals surface area contributed by atoms with Crippen molar-refractivity contribution in [2.75, 3.05) is 51.4 Å². The molecule has 0 bridgehead atoms. The molecule has 1 amide bonds. The summed E-state index contributed by atoms with van der Waals surface area (Å²) in [6.45, 7) is 10.9. The van der Waals surface area contributed by atoms with Gasteiger partial charge in [0.25, 0.3) is 5.91 Å². The summed E-state index contributed by atoms with van der Waals surface area (Å²) in [4.78, 5) is 22.7. The number of carbonyl (C=O) groups excluding carboxylic acids is 1. The summed E-state index contributed by atoms with van der Waals surface area (Å²) in [6, 6.07) is 7.77. The number of rotatable bonds is 8. The van der Waals surface area contributed by atoms with Crippen molar-refractivity contribution in [3.05, 3.63) is 35.7 Å². The molecule has 3 heterocycles. The summed E-state index contributed by atoms with van der Waals surface area (Å²) in [5.41, 5.74) is 2.30. The van der Waals surface area contributed by atoms with Crippen LogP contribution < -0.4 is 9.64 Å². The first-order valence-electron chi connectivity index (χ1n) is 11.1. The number of carbonyl (C=O) groups is 1. The molecule has 0 atom stereocenters. The minimum atomic E-state index is -0.0627. The standard InChI is InChI=1S/C23H31N5O3S/c1-16(2)28-20(14-17(3)25-28)22(29)27(9-5-8-26-10-12-31-13-11-26)23-24-19-7-6-18(30-4)15-21(19)32-23/h6-7,14-16H,5,8-13H2,1-4H3. The predicted octanol–water partition coefficient (Wildman–Crippen LogP) is 3.76. The first-order chi connectivity index (χ1) is 15.5. The van der Waals surface area contributed by atoms with Gasteiger partial charge in [0.15, 0.2) is 5.13 Å². The molecule has 32 heavy (non-hydrogen) atoms. The van der Waals surface area contributed by atoms with Crippen molar-refractivity contribution < 1.29 is 14.3 Å². The van der Waals surface area contributed by atoms with Gasteiger partial charge in [-0.3, -0.25) is 19.3 Å². The molecule has 172 valence electrons. The van der Waals surface area contributed by atoms with E-state index in [0.29, 0.717) is 17.4 Å². The third-order valence-electron chi connectivity index (χ3n) is 5.59. The van der Waals surface area contributed by atoms with Crippen LogP contribution in [0.15, 0.2) is 24.3 Å². The fraction of sp³-hybridized carbons (Fsp3) is 0.522. The second-order valence-corrected chi connectivity index (χ2v) is 9.31. The number of hydrogen-bond acceptors (Lipinski definition) is 7. The van der Waals surface area contributed by atoms with E-state index in [4.69, 9.17) is 14.5 Å². The molecular formula is C23H31N5O3S. The zero-order valence-corrected chi connectivity index (χ0v) is 20.0. The summed E-state index contributed by atoms with van der Waals surface area (Å²) in [5, 5.41) is 5.24.